The molecule has 0 radical (unpaired) electrons. The van der Waals surface area contributed by atoms with Gasteiger partial charge in [-0.1, -0.05) is 6.92 Å². The van der Waals surface area contributed by atoms with E-state index in [-0.39, 0.29) is 18.5 Å². The van der Waals surface area contributed by atoms with Crippen molar-refractivity contribution in [2.75, 3.05) is 37.9 Å². The summed E-state index contributed by atoms with van der Waals surface area (Å²) in [4.78, 5) is 23.1. The molecule has 0 aliphatic rings. The number of nitrogens with zero attached hydrogens (tertiary/aromatic N) is 3. The summed E-state index contributed by atoms with van der Waals surface area (Å²) in [6, 6.07) is 0.177. The van der Waals surface area contributed by atoms with E-state index in [4.69, 9.17) is 4.74 Å². The number of esters is 1. The van der Waals surface area contributed by atoms with Gasteiger partial charge in [-0.2, -0.15) is 15.0 Å². The van der Waals surface area contributed by atoms with Gasteiger partial charge in [-0.15, -0.1) is 0 Å². The number of nitrogens with one attached hydrogen (secondary N) is 2. The van der Waals surface area contributed by atoms with Gasteiger partial charge in [0, 0.05) is 6.54 Å². The minimum absolute atomic E-state index is 0.0170. The molecule has 8 nitrogen and oxygen atoms in total. The summed E-state index contributed by atoms with van der Waals surface area (Å²) >= 11 is 0. The van der Waals surface area contributed by atoms with Crippen LogP contribution in [0.4, 0.5) is 11.9 Å². The molecule has 1 aromatic heterocycles. The van der Waals surface area contributed by atoms with Crippen LogP contribution in [-0.2, 0) is 9.53 Å². The number of methoxy groups -OCH3 is 2. The largest absolute Gasteiger partial charge is 0.468 e. The molecule has 0 aliphatic carbocycles. The number of rotatable bonds is 7. The number of carbonyl (C=O) groups excluding carboxylic acids is 1. The van der Waals surface area contributed by atoms with Crippen molar-refractivity contribution < 1.29 is 14.3 Å². The van der Waals surface area contributed by atoms with E-state index in [1.807, 2.05) is 6.92 Å². The molecule has 0 saturated heterocycles. The average Bonchev–Trinajstić information content (AvgIpc) is 2.42. The summed E-state index contributed by atoms with van der Waals surface area (Å²) in [6.07, 6.45) is 0.943. The van der Waals surface area contributed by atoms with Crippen LogP contribution in [-0.4, -0.2) is 48.2 Å². The monoisotopic (exact) mass is 255 g/mol. The molecule has 0 spiro atoms. The van der Waals surface area contributed by atoms with Gasteiger partial charge in [-0.05, 0) is 6.42 Å². The normalized spacial score (nSPS) is 9.72. The van der Waals surface area contributed by atoms with Gasteiger partial charge in [0.05, 0.1) is 14.2 Å². The molecule has 2 N–H and O–H groups in total. The number of aromatic nitrogens is 3. The smallest absolute Gasteiger partial charge is 0.325 e. The fraction of sp³-hybridized carbons (Fsp3) is 0.600. The zero-order chi connectivity index (χ0) is 13.4. The molecular weight excluding hydrogens is 238 g/mol. The molecule has 0 aliphatic heterocycles. The van der Waals surface area contributed by atoms with E-state index in [1.54, 1.807) is 0 Å². The minimum atomic E-state index is -0.405. The SMILES string of the molecule is CCCNc1nc(NCC(=O)OC)nc(OC)n1. The van der Waals surface area contributed by atoms with Crippen molar-refractivity contribution in [2.45, 2.75) is 13.3 Å². The van der Waals surface area contributed by atoms with Gasteiger partial charge in [0.15, 0.2) is 0 Å². The van der Waals surface area contributed by atoms with E-state index in [0.29, 0.717) is 5.95 Å². The van der Waals surface area contributed by atoms with Crippen molar-refractivity contribution in [3.05, 3.63) is 0 Å². The highest BCUT2D eigenvalue weighted by molar-refractivity contribution is 5.74. The van der Waals surface area contributed by atoms with Gasteiger partial charge in [0.1, 0.15) is 6.54 Å². The standard InChI is InChI=1S/C10H17N5O3/c1-4-5-11-8-13-9(12-6-7(16)17-2)15-10(14-8)18-3/h4-6H2,1-3H3,(H2,11,12,13,14,15). The second-order valence-corrected chi connectivity index (χ2v) is 3.33. The van der Waals surface area contributed by atoms with E-state index < -0.39 is 5.97 Å². The van der Waals surface area contributed by atoms with Crippen molar-refractivity contribution in [3.8, 4) is 6.01 Å². The van der Waals surface area contributed by atoms with E-state index in [1.165, 1.54) is 14.2 Å². The van der Waals surface area contributed by atoms with Crippen molar-refractivity contribution in [1.29, 1.82) is 0 Å². The number of hydrogen-bond donors (Lipinski definition) is 2. The van der Waals surface area contributed by atoms with Crippen LogP contribution >= 0.6 is 0 Å². The molecule has 0 fully saturated rings. The summed E-state index contributed by atoms with van der Waals surface area (Å²) in [6.45, 7) is 2.75. The van der Waals surface area contributed by atoms with E-state index in [2.05, 4.69) is 30.3 Å². The quantitative estimate of drug-likeness (QED) is 0.671. The van der Waals surface area contributed by atoms with Gasteiger partial charge >= 0.3 is 12.0 Å². The first-order chi connectivity index (χ1) is 8.69. The maximum absolute atomic E-state index is 11.0. The van der Waals surface area contributed by atoms with Crippen LogP contribution in [0.1, 0.15) is 13.3 Å². The van der Waals surface area contributed by atoms with Crippen LogP contribution in [0.5, 0.6) is 6.01 Å². The first-order valence-corrected chi connectivity index (χ1v) is 5.54. The highest BCUT2D eigenvalue weighted by Gasteiger charge is 2.07. The number of anilines is 2. The topological polar surface area (TPSA) is 98.3 Å². The first-order valence-electron chi connectivity index (χ1n) is 5.54. The Morgan fingerprint density at radius 3 is 2.39 bits per heavy atom. The third kappa shape index (κ3) is 4.40. The van der Waals surface area contributed by atoms with Crippen LogP contribution in [0.25, 0.3) is 0 Å². The molecule has 0 bridgehead atoms. The number of carbonyl (C=O) groups is 1. The summed E-state index contributed by atoms with van der Waals surface area (Å²) < 4.78 is 9.45. The fourth-order valence-electron chi connectivity index (χ4n) is 1.07. The molecule has 18 heavy (non-hydrogen) atoms. The lowest BCUT2D eigenvalue weighted by atomic mass is 10.5. The highest BCUT2D eigenvalue weighted by atomic mass is 16.5. The van der Waals surface area contributed by atoms with Gasteiger partial charge in [0.2, 0.25) is 11.9 Å². The molecule has 1 heterocycles. The van der Waals surface area contributed by atoms with E-state index in [0.717, 1.165) is 13.0 Å². The van der Waals surface area contributed by atoms with Crippen LogP contribution < -0.4 is 15.4 Å². The molecule has 8 heteroatoms. The Hall–Kier alpha value is -2.12. The molecule has 1 aromatic rings. The summed E-state index contributed by atoms with van der Waals surface area (Å²) in [5.74, 6) is 0.249. The third-order valence-electron chi connectivity index (χ3n) is 1.95. The van der Waals surface area contributed by atoms with Crippen LogP contribution in [0.2, 0.25) is 0 Å². The lowest BCUT2D eigenvalue weighted by Crippen LogP contribution is -2.17. The molecule has 0 saturated carbocycles. The van der Waals surface area contributed by atoms with Crippen molar-refractivity contribution >= 4 is 17.9 Å². The van der Waals surface area contributed by atoms with Crippen molar-refractivity contribution in [2.24, 2.45) is 0 Å². The lowest BCUT2D eigenvalue weighted by molar-refractivity contribution is -0.138. The molecule has 1 rings (SSSR count). The number of hydrogen-bond acceptors (Lipinski definition) is 8. The molecular formula is C10H17N5O3. The Bertz CT molecular complexity index is 399. The van der Waals surface area contributed by atoms with E-state index >= 15 is 0 Å². The van der Waals surface area contributed by atoms with Gasteiger partial charge in [0.25, 0.3) is 0 Å². The molecule has 0 amide bonds. The maximum Gasteiger partial charge on any atom is 0.325 e. The third-order valence-corrected chi connectivity index (χ3v) is 1.95. The second-order valence-electron chi connectivity index (χ2n) is 3.33. The zero-order valence-corrected chi connectivity index (χ0v) is 10.7. The summed E-state index contributed by atoms with van der Waals surface area (Å²) in [5.41, 5.74) is 0. The molecule has 0 atom stereocenters. The Morgan fingerprint density at radius 2 is 1.83 bits per heavy atom. The minimum Gasteiger partial charge on any atom is -0.468 e. The summed E-state index contributed by atoms with van der Waals surface area (Å²) in [7, 11) is 2.77. The molecule has 100 valence electrons. The van der Waals surface area contributed by atoms with Gasteiger partial charge < -0.3 is 20.1 Å². The second kappa shape index (κ2) is 7.25. The van der Waals surface area contributed by atoms with Crippen molar-refractivity contribution in [1.82, 2.24) is 15.0 Å². The Balaban J connectivity index is 2.73. The zero-order valence-electron chi connectivity index (χ0n) is 10.7. The fourth-order valence-corrected chi connectivity index (χ4v) is 1.07. The highest BCUT2D eigenvalue weighted by Crippen LogP contribution is 2.10. The van der Waals surface area contributed by atoms with Crippen molar-refractivity contribution in [3.63, 3.8) is 0 Å². The Morgan fingerprint density at radius 1 is 1.17 bits per heavy atom. The maximum atomic E-state index is 11.0. The van der Waals surface area contributed by atoms with Gasteiger partial charge in [-0.3, -0.25) is 4.79 Å². The Kier molecular flexibility index (Phi) is 5.62. The number of ether oxygens (including phenoxy) is 2. The predicted molar refractivity (Wildman–Crippen MR) is 65.7 cm³/mol. The first kappa shape index (κ1) is 13.9. The lowest BCUT2D eigenvalue weighted by Gasteiger charge is -2.08. The van der Waals surface area contributed by atoms with Crippen LogP contribution in [0.3, 0.4) is 0 Å². The van der Waals surface area contributed by atoms with Crippen LogP contribution in [0.15, 0.2) is 0 Å². The molecule has 0 aromatic carbocycles. The Labute approximate surface area is 105 Å². The van der Waals surface area contributed by atoms with Gasteiger partial charge in [-0.25, -0.2) is 0 Å². The summed E-state index contributed by atoms with van der Waals surface area (Å²) in [5, 5.41) is 5.74. The molecule has 0 unspecified atom stereocenters. The average molecular weight is 255 g/mol. The predicted octanol–water partition coefficient (Wildman–Crippen LogP) is 0.287. The van der Waals surface area contributed by atoms with Crippen LogP contribution in [0, 0.1) is 0 Å². The van der Waals surface area contributed by atoms with E-state index in [9.17, 15) is 4.79 Å².